The Morgan fingerprint density at radius 3 is 2.63 bits per heavy atom. The minimum absolute atomic E-state index is 0. The summed E-state index contributed by atoms with van der Waals surface area (Å²) >= 11 is 0. The summed E-state index contributed by atoms with van der Waals surface area (Å²) in [6, 6.07) is 7.67. The van der Waals surface area contributed by atoms with Crippen molar-refractivity contribution < 1.29 is 14.2 Å². The number of likely N-dealkylation sites (N-methyl/N-ethyl adjacent to an activating group) is 1. The van der Waals surface area contributed by atoms with E-state index >= 15 is 0 Å². The van der Waals surface area contributed by atoms with Gasteiger partial charge in [-0.05, 0) is 44.7 Å². The average molecular weight is 491 g/mol. The van der Waals surface area contributed by atoms with E-state index in [2.05, 4.69) is 17.1 Å². The number of guanidine groups is 1. The molecule has 0 saturated heterocycles. The van der Waals surface area contributed by atoms with E-state index in [-0.39, 0.29) is 30.1 Å². The van der Waals surface area contributed by atoms with Gasteiger partial charge in [-0.15, -0.1) is 24.0 Å². The normalized spacial score (nSPS) is 14.9. The molecule has 0 radical (unpaired) electrons. The van der Waals surface area contributed by atoms with Crippen LogP contribution in [-0.2, 0) is 4.74 Å². The molecule has 6 nitrogen and oxygen atoms in total. The third-order valence-electron chi connectivity index (χ3n) is 4.21. The molecule has 1 N–H and O–H groups in total. The Morgan fingerprint density at radius 1 is 1.30 bits per heavy atom. The smallest absolute Gasteiger partial charge is 0.193 e. The van der Waals surface area contributed by atoms with Crippen molar-refractivity contribution in [1.82, 2.24) is 10.2 Å². The molecule has 0 spiro atoms. The molecule has 0 aromatic heterocycles. The Hall–Kier alpha value is -1.22. The van der Waals surface area contributed by atoms with Crippen LogP contribution in [0.2, 0.25) is 0 Å². The molecular weight excluding hydrogens is 457 g/mol. The van der Waals surface area contributed by atoms with E-state index in [1.54, 1.807) is 7.11 Å². The molecule has 1 aliphatic carbocycles. The van der Waals surface area contributed by atoms with E-state index in [4.69, 9.17) is 19.2 Å². The predicted molar refractivity (Wildman–Crippen MR) is 121 cm³/mol. The summed E-state index contributed by atoms with van der Waals surface area (Å²) in [5, 5.41) is 3.33. The molecule has 2 rings (SSSR count). The Labute approximate surface area is 180 Å². The molecule has 0 aliphatic heterocycles. The number of aliphatic imine (C=N–C) groups is 1. The number of ether oxygens (including phenoxy) is 3. The molecule has 1 aliphatic rings. The molecule has 27 heavy (non-hydrogen) atoms. The van der Waals surface area contributed by atoms with Crippen LogP contribution in [0.1, 0.15) is 26.7 Å². The summed E-state index contributed by atoms with van der Waals surface area (Å²) in [6.45, 7) is 7.91. The van der Waals surface area contributed by atoms with Gasteiger partial charge in [0.25, 0.3) is 0 Å². The van der Waals surface area contributed by atoms with Crippen molar-refractivity contribution in [2.24, 2.45) is 10.9 Å². The second-order valence-electron chi connectivity index (χ2n) is 6.71. The Kier molecular flexibility index (Phi) is 11.5. The number of nitrogens with one attached hydrogen (secondary N) is 1. The molecule has 1 aromatic carbocycles. The maximum absolute atomic E-state index is 5.97. The van der Waals surface area contributed by atoms with Crippen molar-refractivity contribution in [2.45, 2.75) is 32.8 Å². The van der Waals surface area contributed by atoms with Crippen LogP contribution in [0, 0.1) is 5.92 Å². The number of hydrogen-bond acceptors (Lipinski definition) is 4. The van der Waals surface area contributed by atoms with Gasteiger partial charge >= 0.3 is 0 Å². The molecule has 1 unspecified atom stereocenters. The highest BCUT2D eigenvalue weighted by Gasteiger charge is 2.21. The Balaban J connectivity index is 0.00000364. The van der Waals surface area contributed by atoms with E-state index in [1.807, 2.05) is 38.2 Å². The van der Waals surface area contributed by atoms with E-state index in [0.29, 0.717) is 6.54 Å². The van der Waals surface area contributed by atoms with Crippen LogP contribution >= 0.6 is 24.0 Å². The molecule has 1 atom stereocenters. The molecular formula is C20H34IN3O3. The minimum atomic E-state index is -0.0560. The van der Waals surface area contributed by atoms with Crippen molar-refractivity contribution in [3.8, 4) is 11.5 Å². The van der Waals surface area contributed by atoms with Gasteiger partial charge in [0, 0.05) is 26.7 Å². The molecule has 0 amide bonds. The predicted octanol–water partition coefficient (Wildman–Crippen LogP) is 3.40. The molecule has 7 heteroatoms. The number of para-hydroxylation sites is 2. The van der Waals surface area contributed by atoms with Gasteiger partial charge in [-0.25, -0.2) is 4.99 Å². The number of benzene rings is 1. The third-order valence-corrected chi connectivity index (χ3v) is 4.21. The SMILES string of the molecule is CCNC(=NCC(C)Oc1ccccc1OC)N(C)CCOCC1CC1.I. The van der Waals surface area contributed by atoms with Gasteiger partial charge in [0.15, 0.2) is 17.5 Å². The molecule has 0 heterocycles. The zero-order valence-corrected chi connectivity index (χ0v) is 19.3. The molecule has 1 aromatic rings. The summed E-state index contributed by atoms with van der Waals surface area (Å²) in [5.41, 5.74) is 0. The lowest BCUT2D eigenvalue weighted by molar-refractivity contribution is 0.115. The van der Waals surface area contributed by atoms with Crippen molar-refractivity contribution in [3.63, 3.8) is 0 Å². The van der Waals surface area contributed by atoms with Gasteiger partial charge in [-0.1, -0.05) is 12.1 Å². The number of hydrogen-bond donors (Lipinski definition) is 1. The molecule has 154 valence electrons. The van der Waals surface area contributed by atoms with Crippen molar-refractivity contribution in [2.75, 3.05) is 47.0 Å². The maximum atomic E-state index is 5.97. The van der Waals surface area contributed by atoms with Crippen molar-refractivity contribution >= 4 is 29.9 Å². The van der Waals surface area contributed by atoms with Crippen LogP contribution < -0.4 is 14.8 Å². The number of methoxy groups -OCH3 is 1. The summed E-state index contributed by atoms with van der Waals surface area (Å²) in [7, 11) is 3.68. The van der Waals surface area contributed by atoms with E-state index < -0.39 is 0 Å². The lowest BCUT2D eigenvalue weighted by Gasteiger charge is -2.23. The summed E-state index contributed by atoms with van der Waals surface area (Å²) in [4.78, 5) is 6.80. The topological polar surface area (TPSA) is 55.3 Å². The van der Waals surface area contributed by atoms with Crippen LogP contribution in [0.4, 0.5) is 0 Å². The van der Waals surface area contributed by atoms with E-state index in [0.717, 1.165) is 49.7 Å². The first-order valence-electron chi connectivity index (χ1n) is 9.50. The van der Waals surface area contributed by atoms with Gasteiger partial charge in [0.1, 0.15) is 6.10 Å². The lowest BCUT2D eigenvalue weighted by atomic mass is 10.3. The third kappa shape index (κ3) is 9.01. The quantitative estimate of drug-likeness (QED) is 0.223. The fraction of sp³-hybridized carbons (Fsp3) is 0.650. The summed E-state index contributed by atoms with van der Waals surface area (Å²) < 4.78 is 17.0. The van der Waals surface area contributed by atoms with Crippen LogP contribution in [0.3, 0.4) is 0 Å². The number of rotatable bonds is 11. The zero-order valence-electron chi connectivity index (χ0n) is 16.9. The Morgan fingerprint density at radius 2 is 2.00 bits per heavy atom. The number of halogens is 1. The summed E-state index contributed by atoms with van der Waals surface area (Å²) in [6.07, 6.45) is 2.59. The van der Waals surface area contributed by atoms with Crippen LogP contribution in [0.25, 0.3) is 0 Å². The molecule has 1 fully saturated rings. The van der Waals surface area contributed by atoms with Crippen LogP contribution in [0.5, 0.6) is 11.5 Å². The minimum Gasteiger partial charge on any atom is -0.493 e. The van der Waals surface area contributed by atoms with Gasteiger partial charge in [-0.2, -0.15) is 0 Å². The standard InChI is InChI=1S/C20H33N3O3.HI/c1-5-21-20(23(3)12-13-25-15-17-10-11-17)22-14-16(2)26-19-9-7-6-8-18(19)24-4;/h6-9,16-17H,5,10-15H2,1-4H3,(H,21,22);1H. The van der Waals surface area contributed by atoms with Crippen molar-refractivity contribution in [3.05, 3.63) is 24.3 Å². The second kappa shape index (κ2) is 13.0. The van der Waals surface area contributed by atoms with E-state index in [1.165, 1.54) is 12.8 Å². The fourth-order valence-electron chi connectivity index (χ4n) is 2.50. The average Bonchev–Trinajstić information content (AvgIpc) is 3.47. The van der Waals surface area contributed by atoms with Crippen LogP contribution in [0.15, 0.2) is 29.3 Å². The largest absolute Gasteiger partial charge is 0.493 e. The van der Waals surface area contributed by atoms with Crippen molar-refractivity contribution in [1.29, 1.82) is 0 Å². The second-order valence-corrected chi connectivity index (χ2v) is 6.71. The highest BCUT2D eigenvalue weighted by molar-refractivity contribution is 14.0. The molecule has 0 bridgehead atoms. The first kappa shape index (κ1) is 23.8. The molecule has 1 saturated carbocycles. The van der Waals surface area contributed by atoms with Gasteiger partial charge in [-0.3, -0.25) is 0 Å². The Bertz CT molecular complexity index is 567. The highest BCUT2D eigenvalue weighted by atomic mass is 127. The van der Waals surface area contributed by atoms with Gasteiger partial charge in [0.05, 0.1) is 20.3 Å². The lowest BCUT2D eigenvalue weighted by Crippen LogP contribution is -2.41. The fourth-order valence-corrected chi connectivity index (χ4v) is 2.50. The maximum Gasteiger partial charge on any atom is 0.193 e. The van der Waals surface area contributed by atoms with E-state index in [9.17, 15) is 0 Å². The van der Waals surface area contributed by atoms with Crippen LogP contribution in [-0.4, -0.2) is 64.0 Å². The monoisotopic (exact) mass is 491 g/mol. The van der Waals surface area contributed by atoms with Gasteiger partial charge < -0.3 is 24.4 Å². The van der Waals surface area contributed by atoms with Gasteiger partial charge in [0.2, 0.25) is 0 Å². The highest BCUT2D eigenvalue weighted by Crippen LogP contribution is 2.28. The first-order chi connectivity index (χ1) is 12.6. The zero-order chi connectivity index (χ0) is 18.8. The first-order valence-corrected chi connectivity index (χ1v) is 9.50. The summed E-state index contributed by atoms with van der Waals surface area (Å²) in [5.74, 6) is 3.15. The number of nitrogens with zero attached hydrogens (tertiary/aromatic N) is 2.